The molecule has 0 spiro atoms. The number of benzene rings is 1. The maximum absolute atomic E-state index is 10.5. The maximum Gasteiger partial charge on any atom is 0.269 e. The van der Waals surface area contributed by atoms with Gasteiger partial charge in [0.25, 0.3) is 5.69 Å². The van der Waals surface area contributed by atoms with E-state index in [1.54, 1.807) is 18.3 Å². The molecule has 0 bridgehead atoms. The van der Waals surface area contributed by atoms with Crippen molar-refractivity contribution in [2.45, 2.75) is 9.92 Å². The second kappa shape index (κ2) is 5.43. The molecule has 1 aromatic carbocycles. The molecular weight excluding hydrogens is 254 g/mol. The first-order valence-electron chi connectivity index (χ1n) is 4.90. The highest BCUT2D eigenvalue weighted by Gasteiger charge is 2.05. The van der Waals surface area contributed by atoms with Crippen molar-refractivity contribution < 1.29 is 4.92 Å². The molecule has 1 aromatic heterocycles. The lowest BCUT2D eigenvalue weighted by atomic mass is 10.3. The maximum atomic E-state index is 10.5. The molecule has 1 heterocycles. The summed E-state index contributed by atoms with van der Waals surface area (Å²) < 4.78 is 0. The lowest BCUT2D eigenvalue weighted by molar-refractivity contribution is -0.384. The minimum Gasteiger partial charge on any atom is -0.307 e. The first kappa shape index (κ1) is 12.3. The van der Waals surface area contributed by atoms with E-state index in [1.165, 1.54) is 30.1 Å². The number of hydrazine groups is 1. The number of anilines is 1. The zero-order chi connectivity index (χ0) is 13.0. The Morgan fingerprint density at radius 3 is 2.61 bits per heavy atom. The van der Waals surface area contributed by atoms with E-state index in [9.17, 15) is 10.1 Å². The molecule has 0 saturated heterocycles. The number of aromatic nitrogens is 2. The van der Waals surface area contributed by atoms with Crippen LogP contribution in [0.25, 0.3) is 0 Å². The van der Waals surface area contributed by atoms with Crippen LogP contribution in [0.15, 0.2) is 46.6 Å². The molecule has 7 nitrogen and oxygen atoms in total. The molecule has 0 saturated carbocycles. The van der Waals surface area contributed by atoms with Gasteiger partial charge in [0.2, 0.25) is 0 Å². The SMILES string of the molecule is NNc1cncc(Sc2ccc([N+](=O)[O-])cc2)n1. The van der Waals surface area contributed by atoms with Crippen LogP contribution in [0.1, 0.15) is 0 Å². The van der Waals surface area contributed by atoms with E-state index in [2.05, 4.69) is 15.4 Å². The number of nitro groups is 1. The van der Waals surface area contributed by atoms with Crippen molar-refractivity contribution in [3.8, 4) is 0 Å². The lowest BCUT2D eigenvalue weighted by Gasteiger charge is -2.02. The normalized spacial score (nSPS) is 10.1. The van der Waals surface area contributed by atoms with E-state index in [4.69, 9.17) is 5.84 Å². The predicted octanol–water partition coefficient (Wildman–Crippen LogP) is 1.82. The van der Waals surface area contributed by atoms with Crippen LogP contribution in [0.2, 0.25) is 0 Å². The summed E-state index contributed by atoms with van der Waals surface area (Å²) in [6, 6.07) is 6.21. The molecule has 0 fully saturated rings. The average molecular weight is 263 g/mol. The standard InChI is InChI=1S/C10H9N5O2S/c11-14-9-5-12-6-10(13-9)18-8-3-1-7(2-4-8)15(16)17/h1-6H,11H2,(H,13,14). The Balaban J connectivity index is 2.15. The fourth-order valence-corrected chi connectivity index (χ4v) is 1.99. The molecule has 0 amide bonds. The van der Waals surface area contributed by atoms with E-state index >= 15 is 0 Å². The van der Waals surface area contributed by atoms with Crippen LogP contribution < -0.4 is 11.3 Å². The Labute approximate surface area is 107 Å². The summed E-state index contributed by atoms with van der Waals surface area (Å²) in [5.41, 5.74) is 2.46. The van der Waals surface area contributed by atoms with Gasteiger partial charge >= 0.3 is 0 Å². The van der Waals surface area contributed by atoms with Crippen LogP contribution in [-0.4, -0.2) is 14.9 Å². The van der Waals surface area contributed by atoms with Crippen LogP contribution >= 0.6 is 11.8 Å². The number of nitrogens with two attached hydrogens (primary N) is 1. The van der Waals surface area contributed by atoms with Crippen molar-refractivity contribution >= 4 is 23.3 Å². The van der Waals surface area contributed by atoms with Crippen molar-refractivity contribution in [1.82, 2.24) is 9.97 Å². The van der Waals surface area contributed by atoms with Crippen molar-refractivity contribution in [2.24, 2.45) is 5.84 Å². The molecule has 92 valence electrons. The molecule has 0 radical (unpaired) electrons. The number of nitrogens with zero attached hydrogens (tertiary/aromatic N) is 3. The van der Waals surface area contributed by atoms with Crippen LogP contribution in [0.4, 0.5) is 11.5 Å². The van der Waals surface area contributed by atoms with Crippen molar-refractivity contribution in [3.63, 3.8) is 0 Å². The number of nitrogens with one attached hydrogen (secondary N) is 1. The molecule has 18 heavy (non-hydrogen) atoms. The van der Waals surface area contributed by atoms with Crippen molar-refractivity contribution in [1.29, 1.82) is 0 Å². The molecule has 0 aliphatic carbocycles. The summed E-state index contributed by atoms with van der Waals surface area (Å²) in [5, 5.41) is 11.2. The summed E-state index contributed by atoms with van der Waals surface area (Å²) >= 11 is 1.35. The first-order valence-corrected chi connectivity index (χ1v) is 5.71. The number of hydrogen-bond acceptors (Lipinski definition) is 7. The molecular formula is C10H9N5O2S. The molecule has 2 rings (SSSR count). The Morgan fingerprint density at radius 2 is 2.00 bits per heavy atom. The highest BCUT2D eigenvalue weighted by atomic mass is 32.2. The number of rotatable bonds is 4. The van der Waals surface area contributed by atoms with Crippen LogP contribution in [0.3, 0.4) is 0 Å². The summed E-state index contributed by atoms with van der Waals surface area (Å²) in [7, 11) is 0. The fourth-order valence-electron chi connectivity index (χ4n) is 1.22. The molecule has 3 N–H and O–H groups in total. The van der Waals surface area contributed by atoms with E-state index in [0.29, 0.717) is 10.8 Å². The van der Waals surface area contributed by atoms with Gasteiger partial charge in [0.1, 0.15) is 5.03 Å². The third kappa shape index (κ3) is 2.93. The number of nitrogen functional groups attached to an aromatic ring is 1. The topological polar surface area (TPSA) is 107 Å². The van der Waals surface area contributed by atoms with Gasteiger partial charge in [-0.05, 0) is 12.1 Å². The van der Waals surface area contributed by atoms with Gasteiger partial charge < -0.3 is 5.43 Å². The second-order valence-electron chi connectivity index (χ2n) is 3.24. The Hall–Kier alpha value is -2.19. The Kier molecular flexibility index (Phi) is 3.70. The van der Waals surface area contributed by atoms with Crippen LogP contribution in [-0.2, 0) is 0 Å². The zero-order valence-corrected chi connectivity index (χ0v) is 9.92. The van der Waals surface area contributed by atoms with Crippen LogP contribution in [0, 0.1) is 10.1 Å². The molecule has 0 aliphatic heterocycles. The van der Waals surface area contributed by atoms with Gasteiger partial charge in [-0.2, -0.15) is 0 Å². The number of nitro benzene ring substituents is 1. The Bertz CT molecular complexity index is 560. The molecule has 0 atom stereocenters. The summed E-state index contributed by atoms with van der Waals surface area (Å²) in [6.07, 6.45) is 3.09. The van der Waals surface area contributed by atoms with Gasteiger partial charge in [-0.25, -0.2) is 10.8 Å². The highest BCUT2D eigenvalue weighted by molar-refractivity contribution is 7.99. The largest absolute Gasteiger partial charge is 0.307 e. The van der Waals surface area contributed by atoms with Gasteiger partial charge in [-0.3, -0.25) is 15.1 Å². The minimum absolute atomic E-state index is 0.0582. The smallest absolute Gasteiger partial charge is 0.269 e. The summed E-state index contributed by atoms with van der Waals surface area (Å²) in [5.74, 6) is 5.69. The van der Waals surface area contributed by atoms with Crippen molar-refractivity contribution in [3.05, 3.63) is 46.8 Å². The lowest BCUT2D eigenvalue weighted by Crippen LogP contribution is -2.08. The van der Waals surface area contributed by atoms with Gasteiger partial charge in [0.15, 0.2) is 5.82 Å². The summed E-state index contributed by atoms with van der Waals surface area (Å²) in [6.45, 7) is 0. The Morgan fingerprint density at radius 1 is 1.28 bits per heavy atom. The average Bonchev–Trinajstić information content (AvgIpc) is 2.39. The minimum atomic E-state index is -0.437. The van der Waals surface area contributed by atoms with Gasteiger partial charge in [-0.15, -0.1) is 0 Å². The van der Waals surface area contributed by atoms with Gasteiger partial charge in [0, 0.05) is 17.0 Å². The van der Waals surface area contributed by atoms with Crippen molar-refractivity contribution in [2.75, 3.05) is 5.43 Å². The quantitative estimate of drug-likeness (QED) is 0.492. The van der Waals surface area contributed by atoms with Crippen LogP contribution in [0.5, 0.6) is 0 Å². The zero-order valence-electron chi connectivity index (χ0n) is 9.11. The van der Waals surface area contributed by atoms with E-state index in [-0.39, 0.29) is 5.69 Å². The number of hydrogen-bond donors (Lipinski definition) is 2. The van der Waals surface area contributed by atoms with Gasteiger partial charge in [-0.1, -0.05) is 11.8 Å². The monoisotopic (exact) mass is 263 g/mol. The summed E-state index contributed by atoms with van der Waals surface area (Å²) in [4.78, 5) is 19.0. The van der Waals surface area contributed by atoms with E-state index in [0.717, 1.165) is 4.90 Å². The second-order valence-corrected chi connectivity index (χ2v) is 4.33. The predicted molar refractivity (Wildman–Crippen MR) is 67.1 cm³/mol. The molecule has 0 aliphatic rings. The molecule has 0 unspecified atom stereocenters. The van der Waals surface area contributed by atoms with E-state index < -0.39 is 4.92 Å². The highest BCUT2D eigenvalue weighted by Crippen LogP contribution is 2.27. The molecule has 8 heteroatoms. The number of non-ortho nitro benzene ring substituents is 1. The first-order chi connectivity index (χ1) is 8.69. The third-order valence-electron chi connectivity index (χ3n) is 2.03. The van der Waals surface area contributed by atoms with Gasteiger partial charge in [0.05, 0.1) is 17.3 Å². The third-order valence-corrected chi connectivity index (χ3v) is 2.94. The fraction of sp³-hybridized carbons (Fsp3) is 0. The van der Waals surface area contributed by atoms with E-state index in [1.807, 2.05) is 0 Å². The molecule has 2 aromatic rings.